The number of nitrogens with one attached hydrogen (secondary N) is 1. The Morgan fingerprint density at radius 2 is 1.89 bits per heavy atom. The van der Waals surface area contributed by atoms with Gasteiger partial charge in [0.1, 0.15) is 0 Å². The minimum atomic E-state index is 0.457. The SMILES string of the molecule is Cc1ccc([C@@H](C)NC2CCCN(C)CC2)cc1. The van der Waals surface area contributed by atoms with Crippen LogP contribution in [0.4, 0.5) is 0 Å². The second kappa shape index (κ2) is 6.35. The molecule has 2 heteroatoms. The summed E-state index contributed by atoms with van der Waals surface area (Å²) in [6, 6.07) is 10.0. The van der Waals surface area contributed by atoms with Crippen molar-refractivity contribution in [1.29, 1.82) is 0 Å². The van der Waals surface area contributed by atoms with Crippen molar-refractivity contribution < 1.29 is 0 Å². The summed E-state index contributed by atoms with van der Waals surface area (Å²) in [6.07, 6.45) is 3.89. The number of hydrogen-bond donors (Lipinski definition) is 1. The molecule has 1 aromatic rings. The third-order valence-electron chi connectivity index (χ3n) is 4.01. The lowest BCUT2D eigenvalue weighted by atomic mass is 10.0. The molecule has 0 aliphatic carbocycles. The van der Waals surface area contributed by atoms with Crippen LogP contribution < -0.4 is 5.32 Å². The predicted octanol–water partition coefficient (Wildman–Crippen LogP) is 3.13. The molecule has 0 aromatic heterocycles. The molecule has 1 N–H and O–H groups in total. The van der Waals surface area contributed by atoms with E-state index in [9.17, 15) is 0 Å². The molecule has 18 heavy (non-hydrogen) atoms. The Hall–Kier alpha value is -0.860. The molecule has 0 bridgehead atoms. The zero-order valence-electron chi connectivity index (χ0n) is 11.9. The largest absolute Gasteiger partial charge is 0.307 e. The van der Waals surface area contributed by atoms with Crippen LogP contribution in [0.1, 0.15) is 43.4 Å². The summed E-state index contributed by atoms with van der Waals surface area (Å²) in [5, 5.41) is 3.79. The lowest BCUT2D eigenvalue weighted by molar-refractivity contribution is 0.340. The molecule has 1 aromatic carbocycles. The van der Waals surface area contributed by atoms with Crippen LogP contribution in [0, 0.1) is 6.92 Å². The molecular formula is C16H26N2. The van der Waals surface area contributed by atoms with E-state index in [2.05, 4.69) is 55.4 Å². The van der Waals surface area contributed by atoms with Gasteiger partial charge in [0.2, 0.25) is 0 Å². The molecule has 1 heterocycles. The first-order valence-electron chi connectivity index (χ1n) is 7.16. The van der Waals surface area contributed by atoms with E-state index in [-0.39, 0.29) is 0 Å². The monoisotopic (exact) mass is 246 g/mol. The summed E-state index contributed by atoms with van der Waals surface area (Å²) in [5.41, 5.74) is 2.74. The minimum absolute atomic E-state index is 0.457. The van der Waals surface area contributed by atoms with Gasteiger partial charge in [-0.15, -0.1) is 0 Å². The van der Waals surface area contributed by atoms with Crippen molar-refractivity contribution in [3.63, 3.8) is 0 Å². The number of hydrogen-bond acceptors (Lipinski definition) is 2. The fourth-order valence-electron chi connectivity index (χ4n) is 2.71. The maximum absolute atomic E-state index is 3.79. The summed E-state index contributed by atoms with van der Waals surface area (Å²) >= 11 is 0. The molecule has 0 saturated carbocycles. The van der Waals surface area contributed by atoms with Gasteiger partial charge in [0.25, 0.3) is 0 Å². The number of nitrogens with zero attached hydrogens (tertiary/aromatic N) is 1. The van der Waals surface area contributed by atoms with Gasteiger partial charge < -0.3 is 10.2 Å². The Bertz CT molecular complexity index is 358. The lowest BCUT2D eigenvalue weighted by Crippen LogP contribution is -2.32. The van der Waals surface area contributed by atoms with Crippen LogP contribution >= 0.6 is 0 Å². The topological polar surface area (TPSA) is 15.3 Å². The highest BCUT2D eigenvalue weighted by Gasteiger charge is 2.17. The van der Waals surface area contributed by atoms with E-state index in [0.29, 0.717) is 12.1 Å². The Morgan fingerprint density at radius 1 is 1.17 bits per heavy atom. The summed E-state index contributed by atoms with van der Waals surface area (Å²) in [4.78, 5) is 2.44. The maximum atomic E-state index is 3.79. The van der Waals surface area contributed by atoms with E-state index in [0.717, 1.165) is 0 Å². The highest BCUT2D eigenvalue weighted by Crippen LogP contribution is 2.17. The third kappa shape index (κ3) is 3.82. The summed E-state index contributed by atoms with van der Waals surface area (Å²) in [5.74, 6) is 0. The number of likely N-dealkylation sites (tertiary alicyclic amines) is 1. The summed E-state index contributed by atoms with van der Waals surface area (Å²) < 4.78 is 0. The predicted molar refractivity (Wildman–Crippen MR) is 77.9 cm³/mol. The average Bonchev–Trinajstić information content (AvgIpc) is 2.55. The van der Waals surface area contributed by atoms with Crippen LogP contribution in [0.25, 0.3) is 0 Å². The quantitative estimate of drug-likeness (QED) is 0.881. The lowest BCUT2D eigenvalue weighted by Gasteiger charge is -2.22. The first-order valence-corrected chi connectivity index (χ1v) is 7.16. The van der Waals surface area contributed by atoms with Crippen molar-refractivity contribution in [3.05, 3.63) is 35.4 Å². The van der Waals surface area contributed by atoms with E-state index in [1.807, 2.05) is 0 Å². The van der Waals surface area contributed by atoms with E-state index < -0.39 is 0 Å². The summed E-state index contributed by atoms with van der Waals surface area (Å²) in [7, 11) is 2.23. The number of benzene rings is 1. The van der Waals surface area contributed by atoms with Gasteiger partial charge >= 0.3 is 0 Å². The van der Waals surface area contributed by atoms with Crippen molar-refractivity contribution in [2.75, 3.05) is 20.1 Å². The molecule has 1 saturated heterocycles. The fourth-order valence-corrected chi connectivity index (χ4v) is 2.71. The first kappa shape index (κ1) is 13.6. The van der Waals surface area contributed by atoms with Crippen LogP contribution in [-0.2, 0) is 0 Å². The summed E-state index contributed by atoms with van der Waals surface area (Å²) in [6.45, 7) is 6.89. The molecule has 2 atom stereocenters. The Kier molecular flexibility index (Phi) is 4.79. The van der Waals surface area contributed by atoms with Gasteiger partial charge in [-0.2, -0.15) is 0 Å². The number of rotatable bonds is 3. The zero-order valence-corrected chi connectivity index (χ0v) is 11.9. The standard InChI is InChI=1S/C16H26N2/c1-13-6-8-15(9-7-13)14(2)17-16-5-4-11-18(3)12-10-16/h6-9,14,16-17H,4-5,10-12H2,1-3H3/t14-,16?/m1/s1. The highest BCUT2D eigenvalue weighted by molar-refractivity contribution is 5.23. The number of aryl methyl sites for hydroxylation is 1. The van der Waals surface area contributed by atoms with Gasteiger partial charge in [0, 0.05) is 12.1 Å². The average molecular weight is 246 g/mol. The smallest absolute Gasteiger partial charge is 0.0294 e. The van der Waals surface area contributed by atoms with Gasteiger partial charge in [-0.25, -0.2) is 0 Å². The van der Waals surface area contributed by atoms with Crippen LogP contribution in [-0.4, -0.2) is 31.1 Å². The highest BCUT2D eigenvalue weighted by atomic mass is 15.1. The molecule has 0 amide bonds. The second-order valence-electron chi connectivity index (χ2n) is 5.73. The molecule has 1 aliphatic heterocycles. The van der Waals surface area contributed by atoms with Crippen molar-refractivity contribution in [2.24, 2.45) is 0 Å². The van der Waals surface area contributed by atoms with Crippen LogP contribution in [0.2, 0.25) is 0 Å². The van der Waals surface area contributed by atoms with Crippen molar-refractivity contribution >= 4 is 0 Å². The maximum Gasteiger partial charge on any atom is 0.0294 e. The minimum Gasteiger partial charge on any atom is -0.307 e. The molecule has 0 radical (unpaired) electrons. The normalized spacial score (nSPS) is 23.6. The Balaban J connectivity index is 1.90. The molecule has 1 aliphatic rings. The zero-order chi connectivity index (χ0) is 13.0. The van der Waals surface area contributed by atoms with E-state index in [4.69, 9.17) is 0 Å². The van der Waals surface area contributed by atoms with Gasteiger partial charge in [0.15, 0.2) is 0 Å². The van der Waals surface area contributed by atoms with Gasteiger partial charge in [-0.3, -0.25) is 0 Å². The molecular weight excluding hydrogens is 220 g/mol. The first-order chi connectivity index (χ1) is 8.65. The second-order valence-corrected chi connectivity index (χ2v) is 5.73. The Labute approximate surface area is 111 Å². The van der Waals surface area contributed by atoms with Crippen LogP contribution in [0.3, 0.4) is 0 Å². The van der Waals surface area contributed by atoms with Gasteiger partial charge in [-0.05, 0) is 58.8 Å². The van der Waals surface area contributed by atoms with Crippen LogP contribution in [0.15, 0.2) is 24.3 Å². The van der Waals surface area contributed by atoms with Crippen LogP contribution in [0.5, 0.6) is 0 Å². The van der Waals surface area contributed by atoms with Crippen molar-refractivity contribution in [1.82, 2.24) is 10.2 Å². The molecule has 0 spiro atoms. The molecule has 100 valence electrons. The molecule has 2 rings (SSSR count). The van der Waals surface area contributed by atoms with Gasteiger partial charge in [0.05, 0.1) is 0 Å². The van der Waals surface area contributed by atoms with Crippen molar-refractivity contribution in [2.45, 2.75) is 45.2 Å². The van der Waals surface area contributed by atoms with E-state index in [1.165, 1.54) is 43.5 Å². The van der Waals surface area contributed by atoms with E-state index >= 15 is 0 Å². The molecule has 2 nitrogen and oxygen atoms in total. The van der Waals surface area contributed by atoms with E-state index in [1.54, 1.807) is 0 Å². The van der Waals surface area contributed by atoms with Crippen molar-refractivity contribution in [3.8, 4) is 0 Å². The Morgan fingerprint density at radius 3 is 2.61 bits per heavy atom. The molecule has 1 unspecified atom stereocenters. The van der Waals surface area contributed by atoms with Gasteiger partial charge in [-0.1, -0.05) is 29.8 Å². The molecule has 1 fully saturated rings. The third-order valence-corrected chi connectivity index (χ3v) is 4.01. The fraction of sp³-hybridized carbons (Fsp3) is 0.625.